The number of hydrogen-bond acceptors (Lipinski definition) is 8. The molecule has 0 radical (unpaired) electrons. The number of hydrogen-bond donors (Lipinski definition) is 2. The maximum absolute atomic E-state index is 13.7. The molecule has 4 saturated heterocycles. The molecule has 0 aliphatic carbocycles. The van der Waals surface area contributed by atoms with Gasteiger partial charge in [0.25, 0.3) is 0 Å². The summed E-state index contributed by atoms with van der Waals surface area (Å²) in [6.45, 7) is 7.84. The SMILES string of the molecule is C=C1CC(C(=O)N2CCC[C@H]2C(=O)Nc2ccc(/C=C/c3ccc(NC(=O)[C@@H]4CCCN4C(=O)C4CC(=O)N(CCc5cccs5)C4)cc3)cc2)CN1CCc1cccs1. The minimum atomic E-state index is -0.559. The minimum absolute atomic E-state index is 0.000936. The molecule has 312 valence electrons. The highest BCUT2D eigenvalue weighted by Gasteiger charge is 2.42. The Bertz CT molecular complexity index is 2050. The fraction of sp³-hybridized carbons (Fsp3) is 0.383. The summed E-state index contributed by atoms with van der Waals surface area (Å²) in [4.78, 5) is 76.8. The average molecular weight is 845 g/mol. The first-order valence-corrected chi connectivity index (χ1v) is 22.8. The van der Waals surface area contributed by atoms with Crippen LogP contribution in [0.5, 0.6) is 0 Å². The predicted octanol–water partition coefficient (Wildman–Crippen LogP) is 7.01. The van der Waals surface area contributed by atoms with Crippen LogP contribution in [0.3, 0.4) is 0 Å². The number of carbonyl (C=O) groups is 5. The van der Waals surface area contributed by atoms with Crippen LogP contribution in [0.25, 0.3) is 12.2 Å². The Hall–Kier alpha value is -5.53. The quantitative estimate of drug-likeness (QED) is 0.132. The van der Waals surface area contributed by atoms with Crippen molar-refractivity contribution in [2.24, 2.45) is 11.8 Å². The molecular formula is C47H52N6O5S2. The molecule has 2 N–H and O–H groups in total. The van der Waals surface area contributed by atoms with Crippen molar-refractivity contribution in [2.75, 3.05) is 49.9 Å². The van der Waals surface area contributed by atoms with Gasteiger partial charge in [-0.15, -0.1) is 22.7 Å². The molecule has 0 spiro atoms. The molecule has 5 amide bonds. The van der Waals surface area contributed by atoms with Gasteiger partial charge >= 0.3 is 0 Å². The molecule has 4 fully saturated rings. The van der Waals surface area contributed by atoms with Gasteiger partial charge in [0.15, 0.2) is 0 Å². The number of nitrogens with one attached hydrogen (secondary N) is 2. The van der Waals surface area contributed by atoms with E-state index in [1.807, 2.05) is 72.1 Å². The monoisotopic (exact) mass is 844 g/mol. The number of benzene rings is 2. The highest BCUT2D eigenvalue weighted by Crippen LogP contribution is 2.31. The first-order valence-electron chi connectivity index (χ1n) is 21.0. The van der Waals surface area contributed by atoms with Crippen molar-refractivity contribution in [3.05, 3.63) is 117 Å². The number of anilines is 2. The van der Waals surface area contributed by atoms with E-state index in [0.29, 0.717) is 63.4 Å². The van der Waals surface area contributed by atoms with Crippen LogP contribution in [-0.2, 0) is 36.8 Å². The smallest absolute Gasteiger partial charge is 0.247 e. The molecule has 0 bridgehead atoms. The van der Waals surface area contributed by atoms with Gasteiger partial charge in [0, 0.05) is 78.9 Å². The summed E-state index contributed by atoms with van der Waals surface area (Å²) in [7, 11) is 0. The van der Waals surface area contributed by atoms with E-state index >= 15 is 0 Å². The lowest BCUT2D eigenvalue weighted by Gasteiger charge is -2.27. The molecular weight excluding hydrogens is 793 g/mol. The summed E-state index contributed by atoms with van der Waals surface area (Å²) in [5.74, 6) is -1.03. The second-order valence-electron chi connectivity index (χ2n) is 16.2. The Morgan fingerprint density at radius 2 is 1.12 bits per heavy atom. The van der Waals surface area contributed by atoms with E-state index in [-0.39, 0.29) is 41.9 Å². The Kier molecular flexibility index (Phi) is 12.9. The van der Waals surface area contributed by atoms with Crippen LogP contribution in [0.1, 0.15) is 59.4 Å². The third-order valence-corrected chi connectivity index (χ3v) is 14.1. The number of likely N-dealkylation sites (tertiary alicyclic amines) is 4. The normalized spacial score (nSPS) is 21.7. The molecule has 13 heteroatoms. The zero-order valence-corrected chi connectivity index (χ0v) is 35.4. The number of allylic oxidation sites excluding steroid dienone is 1. The number of carbonyl (C=O) groups excluding carboxylic acids is 5. The molecule has 2 aromatic carbocycles. The fourth-order valence-corrected chi connectivity index (χ4v) is 10.3. The van der Waals surface area contributed by atoms with Crippen LogP contribution in [0, 0.1) is 11.8 Å². The summed E-state index contributed by atoms with van der Waals surface area (Å²) in [6, 6.07) is 22.4. The van der Waals surface area contributed by atoms with Crippen molar-refractivity contribution in [2.45, 2.75) is 63.5 Å². The van der Waals surface area contributed by atoms with Crippen molar-refractivity contribution >= 4 is 75.7 Å². The Morgan fingerprint density at radius 3 is 1.60 bits per heavy atom. The van der Waals surface area contributed by atoms with E-state index in [4.69, 9.17) is 0 Å². The molecule has 2 unspecified atom stereocenters. The molecule has 6 heterocycles. The summed E-state index contributed by atoms with van der Waals surface area (Å²) in [6.07, 6.45) is 9.30. The first kappa shape index (κ1) is 41.2. The Balaban J connectivity index is 0.787. The van der Waals surface area contributed by atoms with Crippen molar-refractivity contribution in [1.29, 1.82) is 0 Å². The van der Waals surface area contributed by atoms with Crippen LogP contribution in [0.15, 0.2) is 95.8 Å². The van der Waals surface area contributed by atoms with Gasteiger partial charge in [-0.25, -0.2) is 0 Å². The second-order valence-corrected chi connectivity index (χ2v) is 18.3. The maximum atomic E-state index is 13.7. The van der Waals surface area contributed by atoms with E-state index in [2.05, 4.69) is 45.7 Å². The second kappa shape index (κ2) is 18.8. The van der Waals surface area contributed by atoms with E-state index in [1.165, 1.54) is 9.75 Å². The van der Waals surface area contributed by atoms with Crippen LogP contribution in [0.2, 0.25) is 0 Å². The average Bonchev–Trinajstić information content (AvgIpc) is 4.12. The third kappa shape index (κ3) is 9.74. The number of thiophene rings is 2. The van der Waals surface area contributed by atoms with Crippen molar-refractivity contribution < 1.29 is 24.0 Å². The highest BCUT2D eigenvalue weighted by atomic mass is 32.1. The topological polar surface area (TPSA) is 122 Å². The fourth-order valence-electron chi connectivity index (χ4n) is 8.92. The van der Waals surface area contributed by atoms with Crippen molar-refractivity contribution in [1.82, 2.24) is 19.6 Å². The van der Waals surface area contributed by atoms with Gasteiger partial charge < -0.3 is 30.2 Å². The van der Waals surface area contributed by atoms with Crippen LogP contribution >= 0.6 is 22.7 Å². The van der Waals surface area contributed by atoms with Crippen molar-refractivity contribution in [3.63, 3.8) is 0 Å². The van der Waals surface area contributed by atoms with Gasteiger partial charge in [-0.2, -0.15) is 0 Å². The van der Waals surface area contributed by atoms with Crippen LogP contribution in [0.4, 0.5) is 11.4 Å². The summed E-state index contributed by atoms with van der Waals surface area (Å²) in [5.41, 5.74) is 4.22. The van der Waals surface area contributed by atoms with Crippen LogP contribution in [-0.4, -0.2) is 100 Å². The lowest BCUT2D eigenvalue weighted by atomic mass is 10.1. The van der Waals surface area contributed by atoms with E-state index < -0.39 is 18.0 Å². The summed E-state index contributed by atoms with van der Waals surface area (Å²) >= 11 is 3.41. The molecule has 4 atom stereocenters. The van der Waals surface area contributed by atoms with Crippen molar-refractivity contribution in [3.8, 4) is 0 Å². The molecule has 60 heavy (non-hydrogen) atoms. The van der Waals surface area contributed by atoms with E-state index in [1.54, 1.807) is 37.4 Å². The van der Waals surface area contributed by atoms with E-state index in [0.717, 1.165) is 49.1 Å². The Labute approximate surface area is 359 Å². The standard InChI is InChI=1S/C47H52N6O5S2/c1-32-28-35(30-50(32)24-20-39-6-4-26-59-39)46(57)52-22-2-8-41(52)44(55)48-37-16-12-33(13-17-37)10-11-34-14-18-38(19-15-34)49-45(56)42-9-3-23-53(42)47(58)36-29-43(54)51(31-36)25-21-40-7-5-27-60-40/h4-7,10-19,26-27,35-36,41-42H,1-3,8-9,20-25,28-31H2,(H,48,55)(H,49,56)/b11-10+/t35?,36?,41-,42-/m0/s1. The zero-order valence-electron chi connectivity index (χ0n) is 33.8. The van der Waals surface area contributed by atoms with E-state index in [9.17, 15) is 24.0 Å². The number of rotatable bonds is 14. The maximum Gasteiger partial charge on any atom is 0.247 e. The molecule has 0 saturated carbocycles. The molecule has 4 aromatic rings. The molecule has 11 nitrogen and oxygen atoms in total. The van der Waals surface area contributed by atoms with Gasteiger partial charge in [0.05, 0.1) is 11.8 Å². The van der Waals surface area contributed by atoms with Gasteiger partial charge in [0.1, 0.15) is 12.1 Å². The third-order valence-electron chi connectivity index (χ3n) is 12.2. The molecule has 8 rings (SSSR count). The van der Waals surface area contributed by atoms with Gasteiger partial charge in [0.2, 0.25) is 29.5 Å². The zero-order chi connectivity index (χ0) is 41.6. The highest BCUT2D eigenvalue weighted by molar-refractivity contribution is 7.10. The van der Waals surface area contributed by atoms with Gasteiger partial charge in [-0.1, -0.05) is 55.1 Å². The number of amides is 5. The predicted molar refractivity (Wildman–Crippen MR) is 238 cm³/mol. The largest absolute Gasteiger partial charge is 0.374 e. The van der Waals surface area contributed by atoms with Gasteiger partial charge in [-0.05, 0) is 96.8 Å². The lowest BCUT2D eigenvalue weighted by Crippen LogP contribution is -2.46. The molecule has 4 aliphatic rings. The molecule has 4 aliphatic heterocycles. The summed E-state index contributed by atoms with van der Waals surface area (Å²) < 4.78 is 0. The van der Waals surface area contributed by atoms with Crippen LogP contribution < -0.4 is 10.6 Å². The summed E-state index contributed by atoms with van der Waals surface area (Å²) in [5, 5.41) is 10.1. The minimum Gasteiger partial charge on any atom is -0.374 e. The number of nitrogens with zero attached hydrogens (tertiary/aromatic N) is 4. The lowest BCUT2D eigenvalue weighted by molar-refractivity contribution is -0.140. The van der Waals surface area contributed by atoms with Gasteiger partial charge in [-0.3, -0.25) is 24.0 Å². The Morgan fingerprint density at radius 1 is 0.650 bits per heavy atom. The molecule has 2 aromatic heterocycles. The first-order chi connectivity index (χ1) is 29.2.